The Labute approximate surface area is 129 Å². The summed E-state index contributed by atoms with van der Waals surface area (Å²) in [5, 5.41) is 13.0. The van der Waals surface area contributed by atoms with Gasteiger partial charge in [0.15, 0.2) is 0 Å². The van der Waals surface area contributed by atoms with E-state index in [0.29, 0.717) is 30.5 Å². The van der Waals surface area contributed by atoms with Crippen molar-refractivity contribution in [3.05, 3.63) is 0 Å². The number of carboxylic acid groups (broad SMARTS) is 1. The van der Waals surface area contributed by atoms with E-state index in [1.165, 1.54) is 19.3 Å². The zero-order valence-corrected chi connectivity index (χ0v) is 14.1. The highest BCUT2D eigenvalue weighted by atomic mass is 16.4. The van der Waals surface area contributed by atoms with Gasteiger partial charge in [-0.1, -0.05) is 13.8 Å². The van der Waals surface area contributed by atoms with Crippen molar-refractivity contribution in [2.75, 3.05) is 6.54 Å². The Morgan fingerprint density at radius 3 is 2.33 bits per heavy atom. The van der Waals surface area contributed by atoms with Gasteiger partial charge in [-0.25, -0.2) is 0 Å². The lowest BCUT2D eigenvalue weighted by molar-refractivity contribution is -0.145. The molecule has 0 amide bonds. The Hall–Kier alpha value is -0.610. The molecule has 4 heteroatoms. The number of nitrogens with zero attached hydrogens (tertiary/aromatic N) is 1. The van der Waals surface area contributed by atoms with Crippen molar-refractivity contribution in [2.45, 2.75) is 89.9 Å². The molecule has 2 aliphatic rings. The monoisotopic (exact) mass is 296 g/mol. The fraction of sp³-hybridized carbons (Fsp3) is 0.941. The summed E-state index contributed by atoms with van der Waals surface area (Å²) in [5.41, 5.74) is -0.786. The Morgan fingerprint density at radius 1 is 1.29 bits per heavy atom. The van der Waals surface area contributed by atoms with Crippen LogP contribution >= 0.6 is 0 Å². The van der Waals surface area contributed by atoms with Crippen molar-refractivity contribution >= 4 is 5.97 Å². The van der Waals surface area contributed by atoms with Gasteiger partial charge in [-0.2, -0.15) is 0 Å². The summed E-state index contributed by atoms with van der Waals surface area (Å²) < 4.78 is 0. The maximum Gasteiger partial charge on any atom is 0.323 e. The van der Waals surface area contributed by atoms with E-state index in [2.05, 4.69) is 31.0 Å². The zero-order chi connectivity index (χ0) is 15.6. The highest BCUT2D eigenvalue weighted by molar-refractivity contribution is 5.78. The molecule has 0 aromatic carbocycles. The largest absolute Gasteiger partial charge is 0.480 e. The third-order valence-electron chi connectivity index (χ3n) is 4.82. The molecule has 122 valence electrons. The van der Waals surface area contributed by atoms with Gasteiger partial charge in [0.25, 0.3) is 0 Å². The lowest BCUT2D eigenvalue weighted by atomic mass is 9.92. The fourth-order valence-electron chi connectivity index (χ4n) is 3.17. The third kappa shape index (κ3) is 4.96. The summed E-state index contributed by atoms with van der Waals surface area (Å²) in [6.07, 6.45) is 6.69. The van der Waals surface area contributed by atoms with Crippen molar-refractivity contribution in [2.24, 2.45) is 5.92 Å². The second-order valence-corrected chi connectivity index (χ2v) is 7.76. The van der Waals surface area contributed by atoms with Crippen molar-refractivity contribution in [3.8, 4) is 0 Å². The smallest absolute Gasteiger partial charge is 0.323 e. The Bertz CT molecular complexity index is 364. The second kappa shape index (κ2) is 6.66. The van der Waals surface area contributed by atoms with Crippen LogP contribution in [0.2, 0.25) is 0 Å². The summed E-state index contributed by atoms with van der Waals surface area (Å²) in [4.78, 5) is 14.3. The molecule has 2 N–H and O–H groups in total. The van der Waals surface area contributed by atoms with Crippen LogP contribution in [-0.4, -0.2) is 46.2 Å². The Morgan fingerprint density at radius 2 is 1.90 bits per heavy atom. The molecule has 2 unspecified atom stereocenters. The molecule has 0 aromatic rings. The van der Waals surface area contributed by atoms with Crippen LogP contribution in [-0.2, 0) is 4.79 Å². The fourth-order valence-corrected chi connectivity index (χ4v) is 3.17. The molecule has 2 rings (SSSR count). The van der Waals surface area contributed by atoms with Gasteiger partial charge in [-0.15, -0.1) is 0 Å². The van der Waals surface area contributed by atoms with Crippen LogP contribution in [0.1, 0.15) is 66.2 Å². The minimum absolute atomic E-state index is 0.323. The van der Waals surface area contributed by atoms with Gasteiger partial charge in [-0.05, 0) is 64.8 Å². The first-order valence-corrected chi connectivity index (χ1v) is 8.58. The summed E-state index contributed by atoms with van der Waals surface area (Å²) in [5.74, 6) is -0.00486. The Kier molecular flexibility index (Phi) is 5.31. The molecule has 2 saturated carbocycles. The number of nitrogens with one attached hydrogen (secondary N) is 1. The summed E-state index contributed by atoms with van der Waals surface area (Å²) in [6, 6.07) is 1.43. The standard InChI is InChI=1S/C17H32N2O2/c1-12(2)9-10-19(15-7-8-15)13(3)11-17(4,16(20)21)18-14-5-6-14/h12-15,18H,5-11H2,1-4H3,(H,20,21). The molecule has 2 aliphatic carbocycles. The molecule has 0 radical (unpaired) electrons. The van der Waals surface area contributed by atoms with Gasteiger partial charge < -0.3 is 5.11 Å². The molecule has 21 heavy (non-hydrogen) atoms. The molecule has 2 atom stereocenters. The molecular formula is C17H32N2O2. The maximum atomic E-state index is 11.7. The van der Waals surface area contributed by atoms with E-state index < -0.39 is 11.5 Å². The van der Waals surface area contributed by atoms with E-state index in [1.54, 1.807) is 0 Å². The average molecular weight is 296 g/mol. The quantitative estimate of drug-likeness (QED) is 0.651. The highest BCUT2D eigenvalue weighted by Crippen LogP contribution is 2.32. The van der Waals surface area contributed by atoms with Gasteiger partial charge in [0.05, 0.1) is 0 Å². The SMILES string of the molecule is CC(C)CCN(C(C)CC(C)(NC1CC1)C(=O)O)C1CC1. The van der Waals surface area contributed by atoms with E-state index in [0.717, 1.165) is 19.4 Å². The van der Waals surface area contributed by atoms with Crippen LogP contribution in [0.15, 0.2) is 0 Å². The van der Waals surface area contributed by atoms with E-state index in [1.807, 2.05) is 6.92 Å². The number of hydrogen-bond acceptors (Lipinski definition) is 3. The van der Waals surface area contributed by atoms with Crippen LogP contribution < -0.4 is 5.32 Å². The number of hydrogen-bond donors (Lipinski definition) is 2. The topological polar surface area (TPSA) is 52.6 Å². The normalized spacial score (nSPS) is 23.3. The number of rotatable bonds is 10. The van der Waals surface area contributed by atoms with Crippen molar-refractivity contribution in [1.82, 2.24) is 10.2 Å². The van der Waals surface area contributed by atoms with Crippen LogP contribution in [0, 0.1) is 5.92 Å². The van der Waals surface area contributed by atoms with E-state index >= 15 is 0 Å². The molecule has 0 aliphatic heterocycles. The van der Waals surface area contributed by atoms with Crippen LogP contribution in [0.25, 0.3) is 0 Å². The van der Waals surface area contributed by atoms with Gasteiger partial charge in [0.2, 0.25) is 0 Å². The van der Waals surface area contributed by atoms with Gasteiger partial charge in [0, 0.05) is 18.1 Å². The zero-order valence-electron chi connectivity index (χ0n) is 14.1. The molecule has 2 fully saturated rings. The minimum Gasteiger partial charge on any atom is -0.480 e. The first-order chi connectivity index (χ1) is 9.82. The average Bonchev–Trinajstić information content (AvgIpc) is 3.21. The molecule has 0 aromatic heterocycles. The second-order valence-electron chi connectivity index (χ2n) is 7.76. The number of aliphatic carboxylic acids is 1. The van der Waals surface area contributed by atoms with Crippen LogP contribution in [0.5, 0.6) is 0 Å². The molecular weight excluding hydrogens is 264 g/mol. The predicted octanol–water partition coefficient (Wildman–Crippen LogP) is 2.87. The van der Waals surface area contributed by atoms with E-state index in [4.69, 9.17) is 0 Å². The maximum absolute atomic E-state index is 11.7. The summed E-state index contributed by atoms with van der Waals surface area (Å²) >= 11 is 0. The van der Waals surface area contributed by atoms with Gasteiger partial charge >= 0.3 is 5.97 Å². The number of carboxylic acids is 1. The molecule has 0 bridgehead atoms. The first kappa shape index (κ1) is 16.8. The lowest BCUT2D eigenvalue weighted by Gasteiger charge is -2.36. The molecule has 0 saturated heterocycles. The van der Waals surface area contributed by atoms with E-state index in [9.17, 15) is 9.90 Å². The van der Waals surface area contributed by atoms with Crippen molar-refractivity contribution in [1.29, 1.82) is 0 Å². The molecule has 0 spiro atoms. The van der Waals surface area contributed by atoms with Crippen molar-refractivity contribution < 1.29 is 9.90 Å². The van der Waals surface area contributed by atoms with E-state index in [-0.39, 0.29) is 0 Å². The lowest BCUT2D eigenvalue weighted by Crippen LogP contribution is -2.54. The summed E-state index contributed by atoms with van der Waals surface area (Å²) in [7, 11) is 0. The third-order valence-corrected chi connectivity index (χ3v) is 4.82. The predicted molar refractivity (Wildman–Crippen MR) is 85.5 cm³/mol. The molecule has 0 heterocycles. The van der Waals surface area contributed by atoms with Crippen LogP contribution in [0.4, 0.5) is 0 Å². The molecule has 4 nitrogen and oxygen atoms in total. The first-order valence-electron chi connectivity index (χ1n) is 8.58. The highest BCUT2D eigenvalue weighted by Gasteiger charge is 2.42. The minimum atomic E-state index is -0.786. The van der Waals surface area contributed by atoms with Gasteiger partial charge in [-0.3, -0.25) is 15.0 Å². The Balaban J connectivity index is 1.94. The van der Waals surface area contributed by atoms with Gasteiger partial charge in [0.1, 0.15) is 5.54 Å². The van der Waals surface area contributed by atoms with Crippen molar-refractivity contribution in [3.63, 3.8) is 0 Å². The summed E-state index contributed by atoms with van der Waals surface area (Å²) in [6.45, 7) is 9.67. The number of carbonyl (C=O) groups is 1. The van der Waals surface area contributed by atoms with Crippen LogP contribution in [0.3, 0.4) is 0 Å².